The summed E-state index contributed by atoms with van der Waals surface area (Å²) in [6.45, 7) is -4.36. The number of aliphatic hydroxyl groups is 3. The standard InChI is InChI=1S/C15H26N6O10/c16-7(4-22)13(29)17-1-10(25)20-8(5-23)14(30)18-2-11(26)21-9(6-24)15(31)19-3-12(27)28/h7-9,22-24H,1-6,16H2,(H,17,29)(H,18,30)(H,19,31)(H,20,25)(H,21,26)(H,27,28)/t7-,8-,9-/m0/s1. The van der Waals surface area contributed by atoms with Gasteiger partial charge in [-0.05, 0) is 0 Å². The van der Waals surface area contributed by atoms with Gasteiger partial charge in [-0.3, -0.25) is 28.8 Å². The molecule has 0 rings (SSSR count). The minimum atomic E-state index is -1.48. The zero-order chi connectivity index (χ0) is 24.0. The van der Waals surface area contributed by atoms with Crippen molar-refractivity contribution in [1.82, 2.24) is 26.6 Å². The number of carboxylic acid groups (broad SMARTS) is 1. The second kappa shape index (κ2) is 14.6. The summed E-state index contributed by atoms with van der Waals surface area (Å²) < 4.78 is 0. The summed E-state index contributed by atoms with van der Waals surface area (Å²) in [4.78, 5) is 68.9. The Balaban J connectivity index is 4.51. The van der Waals surface area contributed by atoms with E-state index in [1.807, 2.05) is 5.32 Å². The Kier molecular flexibility index (Phi) is 13.0. The average molecular weight is 450 g/mol. The number of carbonyl (C=O) groups is 6. The molecule has 0 unspecified atom stereocenters. The number of nitrogens with two attached hydrogens (primary N) is 1. The number of carboxylic acids is 1. The highest BCUT2D eigenvalue weighted by Gasteiger charge is 2.23. The molecule has 31 heavy (non-hydrogen) atoms. The van der Waals surface area contributed by atoms with Crippen molar-refractivity contribution < 1.29 is 49.2 Å². The zero-order valence-electron chi connectivity index (χ0n) is 16.3. The maximum absolute atomic E-state index is 12.0. The van der Waals surface area contributed by atoms with Crippen LogP contribution in [0.5, 0.6) is 0 Å². The predicted octanol–water partition coefficient (Wildman–Crippen LogP) is -7.31. The molecule has 11 N–H and O–H groups in total. The smallest absolute Gasteiger partial charge is 0.322 e. The minimum Gasteiger partial charge on any atom is -0.480 e. The topological polar surface area (TPSA) is 270 Å². The Bertz CT molecular complexity index is 673. The molecule has 0 heterocycles. The van der Waals surface area contributed by atoms with E-state index in [0.717, 1.165) is 0 Å². The maximum Gasteiger partial charge on any atom is 0.322 e. The molecule has 0 aliphatic heterocycles. The molecule has 0 saturated heterocycles. The third-order valence-electron chi connectivity index (χ3n) is 3.46. The van der Waals surface area contributed by atoms with Gasteiger partial charge in [0, 0.05) is 0 Å². The van der Waals surface area contributed by atoms with Crippen LogP contribution in [-0.4, -0.2) is 114 Å². The first-order valence-corrected chi connectivity index (χ1v) is 8.77. The van der Waals surface area contributed by atoms with E-state index < -0.39 is 93.1 Å². The number of nitrogens with one attached hydrogen (secondary N) is 5. The molecule has 0 aromatic rings. The number of carbonyl (C=O) groups excluding carboxylic acids is 5. The SMILES string of the molecule is N[C@@H](CO)C(=O)NCC(=O)N[C@@H](CO)C(=O)NCC(=O)N[C@@H](CO)C(=O)NCC(=O)O. The number of aliphatic hydroxyl groups excluding tert-OH is 3. The van der Waals surface area contributed by atoms with E-state index in [4.69, 9.17) is 21.1 Å². The summed E-state index contributed by atoms with van der Waals surface area (Å²) in [5.41, 5.74) is 5.24. The van der Waals surface area contributed by atoms with Gasteiger partial charge in [-0.1, -0.05) is 0 Å². The molecule has 0 aliphatic rings. The molecule has 0 aromatic heterocycles. The Hall–Kier alpha value is -3.34. The highest BCUT2D eigenvalue weighted by Crippen LogP contribution is 1.87. The summed E-state index contributed by atoms with van der Waals surface area (Å²) >= 11 is 0. The van der Waals surface area contributed by atoms with Crippen LogP contribution in [-0.2, 0) is 28.8 Å². The van der Waals surface area contributed by atoms with Gasteiger partial charge in [0.15, 0.2) is 0 Å². The lowest BCUT2D eigenvalue weighted by Crippen LogP contribution is -2.55. The summed E-state index contributed by atoms with van der Waals surface area (Å²) in [5.74, 6) is -5.88. The van der Waals surface area contributed by atoms with Crippen LogP contribution in [0.2, 0.25) is 0 Å². The van der Waals surface area contributed by atoms with Crippen LogP contribution in [0.1, 0.15) is 0 Å². The molecule has 0 bridgehead atoms. The molecule has 176 valence electrons. The lowest BCUT2D eigenvalue weighted by Gasteiger charge is -2.18. The first kappa shape index (κ1) is 27.7. The molecule has 16 nitrogen and oxygen atoms in total. The molecule has 0 aliphatic carbocycles. The van der Waals surface area contributed by atoms with E-state index in [-0.39, 0.29) is 0 Å². The highest BCUT2D eigenvalue weighted by molar-refractivity contribution is 5.94. The minimum absolute atomic E-state index is 0.597. The summed E-state index contributed by atoms with van der Waals surface area (Å²) in [7, 11) is 0. The number of amides is 5. The van der Waals surface area contributed by atoms with Crippen LogP contribution in [0.25, 0.3) is 0 Å². The lowest BCUT2D eigenvalue weighted by atomic mass is 10.2. The van der Waals surface area contributed by atoms with Crippen molar-refractivity contribution >= 4 is 35.5 Å². The van der Waals surface area contributed by atoms with Crippen LogP contribution in [0.4, 0.5) is 0 Å². The van der Waals surface area contributed by atoms with Crippen LogP contribution >= 0.6 is 0 Å². The molecule has 5 amide bonds. The summed E-state index contributed by atoms with van der Waals surface area (Å²) in [5, 5.41) is 45.8. The number of hydrogen-bond acceptors (Lipinski definition) is 10. The largest absolute Gasteiger partial charge is 0.480 e. The number of aliphatic carboxylic acids is 1. The van der Waals surface area contributed by atoms with E-state index in [2.05, 4.69) is 21.3 Å². The zero-order valence-corrected chi connectivity index (χ0v) is 16.3. The summed E-state index contributed by atoms with van der Waals surface area (Å²) in [6.07, 6.45) is 0. The van der Waals surface area contributed by atoms with E-state index in [9.17, 15) is 33.9 Å². The van der Waals surface area contributed by atoms with Crippen molar-refractivity contribution in [2.24, 2.45) is 5.73 Å². The van der Waals surface area contributed by atoms with Crippen LogP contribution in [0.15, 0.2) is 0 Å². The van der Waals surface area contributed by atoms with Crippen molar-refractivity contribution in [3.63, 3.8) is 0 Å². The van der Waals surface area contributed by atoms with Crippen molar-refractivity contribution in [2.75, 3.05) is 39.5 Å². The van der Waals surface area contributed by atoms with Crippen molar-refractivity contribution in [1.29, 1.82) is 0 Å². The Morgan fingerprint density at radius 1 is 0.645 bits per heavy atom. The van der Waals surface area contributed by atoms with E-state index in [1.165, 1.54) is 0 Å². The van der Waals surface area contributed by atoms with Crippen LogP contribution < -0.4 is 32.3 Å². The fourth-order valence-electron chi connectivity index (χ4n) is 1.84. The number of hydrogen-bond donors (Lipinski definition) is 10. The Morgan fingerprint density at radius 2 is 1.03 bits per heavy atom. The molecular weight excluding hydrogens is 424 g/mol. The van der Waals surface area contributed by atoms with Gasteiger partial charge in [-0.25, -0.2) is 0 Å². The molecular formula is C15H26N6O10. The molecule has 0 aromatic carbocycles. The molecule has 0 saturated carbocycles. The van der Waals surface area contributed by atoms with Gasteiger partial charge in [-0.15, -0.1) is 0 Å². The second-order valence-corrected chi connectivity index (χ2v) is 5.94. The Labute approximate surface area is 175 Å². The first-order chi connectivity index (χ1) is 14.5. The van der Waals surface area contributed by atoms with E-state index in [1.54, 1.807) is 0 Å². The molecule has 0 spiro atoms. The van der Waals surface area contributed by atoms with E-state index >= 15 is 0 Å². The predicted molar refractivity (Wildman–Crippen MR) is 99.8 cm³/mol. The first-order valence-electron chi connectivity index (χ1n) is 8.77. The molecule has 0 fully saturated rings. The quantitative estimate of drug-likeness (QED) is 0.119. The fourth-order valence-corrected chi connectivity index (χ4v) is 1.84. The third kappa shape index (κ3) is 11.4. The van der Waals surface area contributed by atoms with Gasteiger partial charge in [0.25, 0.3) is 0 Å². The summed E-state index contributed by atoms with van der Waals surface area (Å²) in [6, 6.07) is -4.18. The van der Waals surface area contributed by atoms with Crippen molar-refractivity contribution in [2.45, 2.75) is 18.1 Å². The maximum atomic E-state index is 12.0. The molecule has 0 radical (unpaired) electrons. The highest BCUT2D eigenvalue weighted by atomic mass is 16.4. The van der Waals surface area contributed by atoms with Gasteiger partial charge in [0.1, 0.15) is 24.7 Å². The molecule has 3 atom stereocenters. The third-order valence-corrected chi connectivity index (χ3v) is 3.46. The van der Waals surface area contributed by atoms with Gasteiger partial charge < -0.3 is 52.7 Å². The lowest BCUT2D eigenvalue weighted by molar-refractivity contribution is -0.138. The van der Waals surface area contributed by atoms with Crippen LogP contribution in [0, 0.1) is 0 Å². The van der Waals surface area contributed by atoms with Gasteiger partial charge in [-0.2, -0.15) is 0 Å². The second-order valence-electron chi connectivity index (χ2n) is 5.94. The average Bonchev–Trinajstić information content (AvgIpc) is 2.75. The van der Waals surface area contributed by atoms with Crippen molar-refractivity contribution in [3.8, 4) is 0 Å². The monoisotopic (exact) mass is 450 g/mol. The number of rotatable bonds is 14. The Morgan fingerprint density at radius 3 is 1.39 bits per heavy atom. The van der Waals surface area contributed by atoms with Crippen LogP contribution in [0.3, 0.4) is 0 Å². The fraction of sp³-hybridized carbons (Fsp3) is 0.600. The van der Waals surface area contributed by atoms with Gasteiger partial charge >= 0.3 is 5.97 Å². The molecule has 16 heteroatoms. The van der Waals surface area contributed by atoms with E-state index in [0.29, 0.717) is 0 Å². The van der Waals surface area contributed by atoms with Gasteiger partial charge in [0.2, 0.25) is 29.5 Å². The van der Waals surface area contributed by atoms with Gasteiger partial charge in [0.05, 0.1) is 32.9 Å². The normalized spacial score (nSPS) is 13.2. The van der Waals surface area contributed by atoms with Crippen molar-refractivity contribution in [3.05, 3.63) is 0 Å².